The van der Waals surface area contributed by atoms with Crippen molar-refractivity contribution in [2.45, 2.75) is 25.3 Å². The number of nitrogens with zero attached hydrogens (tertiary/aromatic N) is 2. The molecule has 0 radical (unpaired) electrons. The SMILES string of the molecule is O=C(OC[C@@H]1CC(=O)N(C2CC2)C1)c1cn[nH]c1-c1ccc(F)cc1. The molecule has 1 saturated carbocycles. The molecular formula is C18H18FN3O3. The van der Waals surface area contributed by atoms with Crippen LogP contribution in [0.5, 0.6) is 0 Å². The van der Waals surface area contributed by atoms with E-state index < -0.39 is 5.97 Å². The first kappa shape index (κ1) is 15.8. The molecule has 1 aliphatic carbocycles. The summed E-state index contributed by atoms with van der Waals surface area (Å²) in [5.74, 6) is -0.652. The van der Waals surface area contributed by atoms with Crippen LogP contribution in [0.3, 0.4) is 0 Å². The highest BCUT2D eigenvalue weighted by atomic mass is 19.1. The van der Waals surface area contributed by atoms with Gasteiger partial charge in [0.25, 0.3) is 0 Å². The fourth-order valence-electron chi connectivity index (χ4n) is 3.21. The molecule has 0 unspecified atom stereocenters. The molecule has 4 rings (SSSR count). The van der Waals surface area contributed by atoms with Gasteiger partial charge in [0.05, 0.1) is 18.5 Å². The van der Waals surface area contributed by atoms with Gasteiger partial charge in [0.1, 0.15) is 11.4 Å². The maximum absolute atomic E-state index is 13.1. The van der Waals surface area contributed by atoms with Crippen LogP contribution in [0.4, 0.5) is 4.39 Å². The van der Waals surface area contributed by atoms with Crippen LogP contribution in [-0.4, -0.2) is 46.2 Å². The molecule has 0 spiro atoms. The number of rotatable bonds is 5. The Labute approximate surface area is 144 Å². The fraction of sp³-hybridized carbons (Fsp3) is 0.389. The molecule has 6 nitrogen and oxygen atoms in total. The van der Waals surface area contributed by atoms with Crippen molar-refractivity contribution in [1.29, 1.82) is 0 Å². The van der Waals surface area contributed by atoms with Crippen molar-refractivity contribution in [1.82, 2.24) is 15.1 Å². The number of carbonyl (C=O) groups excluding carboxylic acids is 2. The Hall–Kier alpha value is -2.70. The van der Waals surface area contributed by atoms with Gasteiger partial charge >= 0.3 is 5.97 Å². The molecule has 1 saturated heterocycles. The van der Waals surface area contributed by atoms with E-state index >= 15 is 0 Å². The maximum Gasteiger partial charge on any atom is 0.341 e. The molecule has 1 amide bonds. The first-order chi connectivity index (χ1) is 12.1. The standard InChI is InChI=1S/C18H18FN3O3/c19-13-3-1-12(2-4-13)17-15(8-20-21-17)18(24)25-10-11-7-16(23)22(9-11)14-5-6-14/h1-4,8,11,14H,5-7,9-10H2,(H,20,21)/t11-/m1/s1. The Morgan fingerprint density at radius 1 is 1.32 bits per heavy atom. The minimum Gasteiger partial charge on any atom is -0.462 e. The second kappa shape index (κ2) is 6.31. The normalized spacial score (nSPS) is 20.1. The number of esters is 1. The smallest absolute Gasteiger partial charge is 0.341 e. The lowest BCUT2D eigenvalue weighted by molar-refractivity contribution is -0.128. The summed E-state index contributed by atoms with van der Waals surface area (Å²) in [5.41, 5.74) is 1.45. The molecular weight excluding hydrogens is 325 g/mol. The van der Waals surface area contributed by atoms with Gasteiger partial charge in [-0.1, -0.05) is 0 Å². The quantitative estimate of drug-likeness (QED) is 0.846. The van der Waals surface area contributed by atoms with Gasteiger partial charge < -0.3 is 9.64 Å². The Balaban J connectivity index is 1.40. The second-order valence-corrected chi connectivity index (χ2v) is 6.61. The molecule has 130 valence electrons. The zero-order chi connectivity index (χ0) is 17.4. The zero-order valence-corrected chi connectivity index (χ0v) is 13.6. The van der Waals surface area contributed by atoms with Crippen LogP contribution in [0.2, 0.25) is 0 Å². The number of aromatic nitrogens is 2. The predicted octanol–water partition coefficient (Wildman–Crippen LogP) is 2.38. The highest BCUT2D eigenvalue weighted by Gasteiger charge is 2.39. The van der Waals surface area contributed by atoms with Gasteiger partial charge in [0.2, 0.25) is 5.91 Å². The summed E-state index contributed by atoms with van der Waals surface area (Å²) >= 11 is 0. The third-order valence-corrected chi connectivity index (χ3v) is 4.67. The highest BCUT2D eigenvalue weighted by molar-refractivity contribution is 5.95. The van der Waals surface area contributed by atoms with Gasteiger partial charge in [-0.25, -0.2) is 9.18 Å². The van der Waals surface area contributed by atoms with Crippen LogP contribution in [0.1, 0.15) is 29.6 Å². The monoisotopic (exact) mass is 343 g/mol. The summed E-state index contributed by atoms with van der Waals surface area (Å²) in [4.78, 5) is 26.2. The molecule has 2 aromatic rings. The van der Waals surface area contributed by atoms with E-state index in [4.69, 9.17) is 4.74 Å². The topological polar surface area (TPSA) is 75.3 Å². The van der Waals surface area contributed by atoms with E-state index in [9.17, 15) is 14.0 Å². The minimum absolute atomic E-state index is 0.0400. The lowest BCUT2D eigenvalue weighted by Gasteiger charge is -2.15. The lowest BCUT2D eigenvalue weighted by Crippen LogP contribution is -2.27. The van der Waals surface area contributed by atoms with Crippen molar-refractivity contribution in [3.8, 4) is 11.3 Å². The Kier molecular flexibility index (Phi) is 3.99. The zero-order valence-electron chi connectivity index (χ0n) is 13.6. The number of likely N-dealkylation sites (tertiary alicyclic amines) is 1. The third-order valence-electron chi connectivity index (χ3n) is 4.67. The van der Waals surface area contributed by atoms with Gasteiger partial charge in [-0.2, -0.15) is 5.10 Å². The number of hydrogen-bond acceptors (Lipinski definition) is 4. The van der Waals surface area contributed by atoms with E-state index in [1.165, 1.54) is 18.3 Å². The molecule has 1 atom stereocenters. The van der Waals surface area contributed by atoms with E-state index in [0.717, 1.165) is 12.8 Å². The Morgan fingerprint density at radius 2 is 2.08 bits per heavy atom. The average Bonchev–Trinajstić information content (AvgIpc) is 3.20. The highest BCUT2D eigenvalue weighted by Crippen LogP contribution is 2.32. The van der Waals surface area contributed by atoms with E-state index in [-0.39, 0.29) is 24.2 Å². The van der Waals surface area contributed by atoms with E-state index in [1.807, 2.05) is 4.90 Å². The number of carbonyl (C=O) groups is 2. The number of hydrogen-bond donors (Lipinski definition) is 1. The summed E-state index contributed by atoms with van der Waals surface area (Å²) in [5, 5.41) is 6.65. The molecule has 1 aliphatic heterocycles. The minimum atomic E-state index is -0.495. The van der Waals surface area contributed by atoms with E-state index in [2.05, 4.69) is 10.2 Å². The number of ether oxygens (including phenoxy) is 1. The Bertz CT molecular complexity index is 798. The summed E-state index contributed by atoms with van der Waals surface area (Å²) < 4.78 is 18.5. The van der Waals surface area contributed by atoms with Crippen LogP contribution in [0, 0.1) is 11.7 Å². The lowest BCUT2D eigenvalue weighted by atomic mass is 10.1. The van der Waals surface area contributed by atoms with Gasteiger partial charge in [0.15, 0.2) is 0 Å². The molecule has 25 heavy (non-hydrogen) atoms. The van der Waals surface area contributed by atoms with Gasteiger partial charge in [-0.15, -0.1) is 0 Å². The van der Waals surface area contributed by atoms with E-state index in [1.54, 1.807) is 12.1 Å². The van der Waals surface area contributed by atoms with Crippen LogP contribution < -0.4 is 0 Å². The summed E-state index contributed by atoms with van der Waals surface area (Å²) in [6.45, 7) is 0.870. The van der Waals surface area contributed by atoms with Gasteiger partial charge in [0, 0.05) is 30.5 Å². The number of benzene rings is 1. The third kappa shape index (κ3) is 3.26. The van der Waals surface area contributed by atoms with Crippen molar-refractivity contribution in [3.63, 3.8) is 0 Å². The molecule has 2 heterocycles. The fourth-order valence-corrected chi connectivity index (χ4v) is 3.21. The van der Waals surface area contributed by atoms with Crippen molar-refractivity contribution in [2.75, 3.05) is 13.2 Å². The van der Waals surface area contributed by atoms with Crippen molar-refractivity contribution < 1.29 is 18.7 Å². The molecule has 1 aromatic heterocycles. The molecule has 7 heteroatoms. The predicted molar refractivity (Wildman–Crippen MR) is 87.1 cm³/mol. The number of aromatic amines is 1. The summed E-state index contributed by atoms with van der Waals surface area (Å²) in [7, 11) is 0. The van der Waals surface area contributed by atoms with Crippen LogP contribution in [0.25, 0.3) is 11.3 Å². The number of nitrogens with one attached hydrogen (secondary N) is 1. The first-order valence-corrected chi connectivity index (χ1v) is 8.37. The van der Waals surface area contributed by atoms with E-state index in [0.29, 0.717) is 35.8 Å². The summed E-state index contributed by atoms with van der Waals surface area (Å²) in [6.07, 6.45) is 3.99. The van der Waals surface area contributed by atoms with Crippen LogP contribution in [-0.2, 0) is 9.53 Å². The van der Waals surface area contributed by atoms with Crippen LogP contribution in [0.15, 0.2) is 30.5 Å². The van der Waals surface area contributed by atoms with Crippen molar-refractivity contribution in [3.05, 3.63) is 41.8 Å². The van der Waals surface area contributed by atoms with Crippen molar-refractivity contribution in [2.24, 2.45) is 5.92 Å². The summed E-state index contributed by atoms with van der Waals surface area (Å²) in [6, 6.07) is 6.18. The first-order valence-electron chi connectivity index (χ1n) is 8.37. The number of H-pyrrole nitrogens is 1. The van der Waals surface area contributed by atoms with Gasteiger partial charge in [-0.05, 0) is 37.1 Å². The largest absolute Gasteiger partial charge is 0.462 e. The molecule has 1 N–H and O–H groups in total. The molecule has 0 bridgehead atoms. The molecule has 1 aromatic carbocycles. The van der Waals surface area contributed by atoms with Crippen molar-refractivity contribution >= 4 is 11.9 Å². The number of amides is 1. The maximum atomic E-state index is 13.1. The second-order valence-electron chi connectivity index (χ2n) is 6.61. The van der Waals surface area contributed by atoms with Gasteiger partial charge in [-0.3, -0.25) is 9.89 Å². The van der Waals surface area contributed by atoms with Crippen LogP contribution >= 0.6 is 0 Å². The Morgan fingerprint density at radius 3 is 2.80 bits per heavy atom. The molecule has 2 fully saturated rings. The molecule has 2 aliphatic rings. The average molecular weight is 343 g/mol. The number of halogens is 1.